The molecule has 0 unspecified atom stereocenters. The summed E-state index contributed by atoms with van der Waals surface area (Å²) in [6.07, 6.45) is 2.66. The second kappa shape index (κ2) is 3.29. The fraction of sp³-hybridized carbons (Fsp3) is 0.625. The van der Waals surface area contributed by atoms with Gasteiger partial charge in [0, 0.05) is 6.42 Å². The van der Waals surface area contributed by atoms with E-state index in [1.807, 2.05) is 0 Å². The first kappa shape index (κ1) is 9.54. The average molecular weight is 214 g/mol. The van der Waals surface area contributed by atoms with Crippen molar-refractivity contribution in [3.05, 3.63) is 11.9 Å². The largest absolute Gasteiger partial charge is 0.481 e. The van der Waals surface area contributed by atoms with Crippen LogP contribution in [0.4, 0.5) is 0 Å². The van der Waals surface area contributed by atoms with Crippen LogP contribution in [-0.2, 0) is 11.2 Å². The predicted octanol–water partition coefficient (Wildman–Crippen LogP) is 0.306. The molecule has 0 spiro atoms. The summed E-state index contributed by atoms with van der Waals surface area (Å²) in [5, 5.41) is 18.5. The molecule has 5 nitrogen and oxygen atoms in total. The van der Waals surface area contributed by atoms with Crippen LogP contribution in [0.25, 0.3) is 0 Å². The van der Waals surface area contributed by atoms with Crippen molar-refractivity contribution in [1.29, 1.82) is 0 Å². The second-order valence-corrected chi connectivity index (χ2v) is 4.30. The topological polar surface area (TPSA) is 83.3 Å². The number of carbonyl (C=O) groups is 1. The zero-order chi connectivity index (χ0) is 10.2. The first-order valence-electron chi connectivity index (χ1n) is 4.31. The van der Waals surface area contributed by atoms with Gasteiger partial charge in [-0.05, 0) is 12.8 Å². The van der Waals surface area contributed by atoms with Crippen molar-refractivity contribution in [1.82, 2.24) is 8.75 Å². The van der Waals surface area contributed by atoms with Gasteiger partial charge in [0.15, 0.2) is 0 Å². The van der Waals surface area contributed by atoms with Crippen LogP contribution in [0, 0.1) is 5.92 Å². The summed E-state index contributed by atoms with van der Waals surface area (Å²) in [4.78, 5) is 10.5. The highest BCUT2D eigenvalue weighted by Gasteiger charge is 2.46. The molecule has 0 saturated heterocycles. The fourth-order valence-corrected chi connectivity index (χ4v) is 2.21. The molecular weight excluding hydrogens is 204 g/mol. The van der Waals surface area contributed by atoms with Crippen LogP contribution < -0.4 is 0 Å². The molecule has 0 amide bonds. The van der Waals surface area contributed by atoms with Crippen molar-refractivity contribution >= 4 is 17.7 Å². The number of hydrogen-bond acceptors (Lipinski definition) is 5. The smallest absolute Gasteiger partial charge is 0.306 e. The molecule has 1 fully saturated rings. The highest BCUT2D eigenvalue weighted by molar-refractivity contribution is 6.99. The van der Waals surface area contributed by atoms with Gasteiger partial charge in [0.05, 0.1) is 35.1 Å². The van der Waals surface area contributed by atoms with E-state index < -0.39 is 17.5 Å². The lowest BCUT2D eigenvalue weighted by Crippen LogP contribution is -2.48. The lowest BCUT2D eigenvalue weighted by atomic mass is 9.69. The monoisotopic (exact) mass is 214 g/mol. The number of carboxylic acid groups (broad SMARTS) is 1. The maximum Gasteiger partial charge on any atom is 0.306 e. The van der Waals surface area contributed by atoms with Crippen LogP contribution in [0.3, 0.4) is 0 Å². The minimum Gasteiger partial charge on any atom is -0.481 e. The van der Waals surface area contributed by atoms with E-state index >= 15 is 0 Å². The Bertz CT molecular complexity index is 332. The van der Waals surface area contributed by atoms with Gasteiger partial charge in [0.1, 0.15) is 0 Å². The van der Waals surface area contributed by atoms with E-state index in [-0.39, 0.29) is 0 Å². The first-order valence-corrected chi connectivity index (χ1v) is 5.04. The van der Waals surface area contributed by atoms with E-state index in [0.717, 1.165) is 17.4 Å². The first-order chi connectivity index (χ1) is 6.59. The van der Waals surface area contributed by atoms with Crippen LogP contribution in [0.1, 0.15) is 18.5 Å². The Morgan fingerprint density at radius 2 is 2.43 bits per heavy atom. The Balaban J connectivity index is 1.92. The van der Waals surface area contributed by atoms with E-state index in [1.165, 1.54) is 0 Å². The third-order valence-corrected chi connectivity index (χ3v) is 3.03. The molecule has 0 radical (unpaired) electrons. The Morgan fingerprint density at radius 1 is 1.71 bits per heavy atom. The van der Waals surface area contributed by atoms with Gasteiger partial charge >= 0.3 is 5.97 Å². The summed E-state index contributed by atoms with van der Waals surface area (Å²) in [6, 6.07) is 0. The summed E-state index contributed by atoms with van der Waals surface area (Å²) in [5.41, 5.74) is -0.139. The van der Waals surface area contributed by atoms with Gasteiger partial charge in [-0.2, -0.15) is 8.75 Å². The molecule has 6 heteroatoms. The minimum atomic E-state index is -0.876. The molecule has 1 saturated carbocycles. The molecule has 76 valence electrons. The molecule has 0 aliphatic heterocycles. The molecule has 2 rings (SSSR count). The van der Waals surface area contributed by atoms with Crippen LogP contribution in [0.2, 0.25) is 0 Å². The number of aromatic nitrogens is 2. The number of rotatable bonds is 3. The van der Waals surface area contributed by atoms with Gasteiger partial charge in [0.2, 0.25) is 0 Å². The quantitative estimate of drug-likeness (QED) is 0.756. The summed E-state index contributed by atoms with van der Waals surface area (Å²) in [6.45, 7) is 0. The van der Waals surface area contributed by atoms with Gasteiger partial charge in [-0.1, -0.05) is 0 Å². The van der Waals surface area contributed by atoms with E-state index in [2.05, 4.69) is 8.75 Å². The molecule has 0 aromatic carbocycles. The summed E-state index contributed by atoms with van der Waals surface area (Å²) >= 11 is 1.09. The molecule has 1 aliphatic rings. The summed E-state index contributed by atoms with van der Waals surface area (Å²) in [5.74, 6) is -1.22. The van der Waals surface area contributed by atoms with Crippen molar-refractivity contribution in [2.45, 2.75) is 24.9 Å². The van der Waals surface area contributed by atoms with E-state index in [1.54, 1.807) is 6.20 Å². The number of hydrogen-bond donors (Lipinski definition) is 2. The zero-order valence-corrected chi connectivity index (χ0v) is 8.20. The maximum absolute atomic E-state index is 10.5. The van der Waals surface area contributed by atoms with Crippen molar-refractivity contribution in [2.75, 3.05) is 0 Å². The van der Waals surface area contributed by atoms with Crippen LogP contribution >= 0.6 is 11.7 Å². The van der Waals surface area contributed by atoms with Crippen LogP contribution in [0.15, 0.2) is 6.20 Å². The lowest BCUT2D eigenvalue weighted by molar-refractivity contribution is -0.158. The highest BCUT2D eigenvalue weighted by Crippen LogP contribution is 2.39. The average Bonchev–Trinajstić information content (AvgIpc) is 2.51. The van der Waals surface area contributed by atoms with Gasteiger partial charge < -0.3 is 10.2 Å². The van der Waals surface area contributed by atoms with Gasteiger partial charge in [0.25, 0.3) is 0 Å². The number of aliphatic carboxylic acids is 1. The Morgan fingerprint density at radius 3 is 2.93 bits per heavy atom. The fourth-order valence-electron chi connectivity index (χ4n) is 1.78. The lowest BCUT2D eigenvalue weighted by Gasteiger charge is -2.41. The third-order valence-electron chi connectivity index (χ3n) is 2.52. The molecule has 2 N–H and O–H groups in total. The second-order valence-electron chi connectivity index (χ2n) is 3.74. The highest BCUT2D eigenvalue weighted by atomic mass is 32.1. The number of nitrogens with zero attached hydrogens (tertiary/aromatic N) is 2. The number of carboxylic acids is 1. The van der Waals surface area contributed by atoms with E-state index in [0.29, 0.717) is 19.3 Å². The van der Waals surface area contributed by atoms with Crippen molar-refractivity contribution in [3.8, 4) is 0 Å². The van der Waals surface area contributed by atoms with Gasteiger partial charge in [-0.25, -0.2) is 0 Å². The van der Waals surface area contributed by atoms with Crippen molar-refractivity contribution in [3.63, 3.8) is 0 Å². The Hall–Kier alpha value is -1.01. The molecule has 14 heavy (non-hydrogen) atoms. The van der Waals surface area contributed by atoms with Crippen LogP contribution in [0.5, 0.6) is 0 Å². The zero-order valence-electron chi connectivity index (χ0n) is 7.38. The molecule has 1 aliphatic carbocycles. The van der Waals surface area contributed by atoms with Crippen molar-refractivity contribution < 1.29 is 15.0 Å². The molecule has 1 aromatic heterocycles. The predicted molar refractivity (Wildman–Crippen MR) is 48.9 cm³/mol. The SMILES string of the molecule is O=C(O)C1CC(O)(Cc2cnsn2)C1. The molecule has 1 aromatic rings. The molecular formula is C8H10N2O3S. The Kier molecular flexibility index (Phi) is 2.24. The summed E-state index contributed by atoms with van der Waals surface area (Å²) < 4.78 is 7.80. The molecule has 0 bridgehead atoms. The van der Waals surface area contributed by atoms with Gasteiger partial charge in [-0.3, -0.25) is 4.79 Å². The standard InChI is InChI=1S/C8H10N2O3S/c11-7(12)5-1-8(13,2-5)3-6-4-9-14-10-6/h4-5,13H,1-3H2,(H,11,12). The normalized spacial score (nSPS) is 31.1. The molecule has 1 heterocycles. The minimum absolute atomic E-state index is 0.319. The molecule has 0 atom stereocenters. The van der Waals surface area contributed by atoms with E-state index in [4.69, 9.17) is 5.11 Å². The summed E-state index contributed by atoms with van der Waals surface area (Å²) in [7, 11) is 0. The van der Waals surface area contributed by atoms with E-state index in [9.17, 15) is 9.90 Å². The van der Waals surface area contributed by atoms with Crippen LogP contribution in [-0.4, -0.2) is 30.5 Å². The van der Waals surface area contributed by atoms with Gasteiger partial charge in [-0.15, -0.1) is 0 Å². The third kappa shape index (κ3) is 1.76. The Labute approximate surface area is 84.7 Å². The van der Waals surface area contributed by atoms with Crippen molar-refractivity contribution in [2.24, 2.45) is 5.92 Å². The maximum atomic E-state index is 10.5. The number of aliphatic hydroxyl groups is 1.